The van der Waals surface area contributed by atoms with Crippen LogP contribution in [0.3, 0.4) is 0 Å². The van der Waals surface area contributed by atoms with E-state index < -0.39 is 0 Å². The number of pyridine rings is 1. The van der Waals surface area contributed by atoms with E-state index in [1.54, 1.807) is 0 Å². The Morgan fingerprint density at radius 3 is 2.08 bits per heavy atom. The van der Waals surface area contributed by atoms with Gasteiger partial charge < -0.3 is 0 Å². The molecule has 1 aliphatic carbocycles. The second-order valence-corrected chi connectivity index (χ2v) is 12.5. The summed E-state index contributed by atoms with van der Waals surface area (Å²) < 4.78 is 4.98. The lowest BCUT2D eigenvalue weighted by atomic mass is 9.80. The predicted octanol–water partition coefficient (Wildman–Crippen LogP) is 8.69. The van der Waals surface area contributed by atoms with Crippen LogP contribution in [0.15, 0.2) is 66.7 Å². The minimum atomic E-state index is -0.217. The number of fused-ring (bicyclic) bond motifs is 4. The maximum absolute atomic E-state index is 5.09. The van der Waals surface area contributed by atoms with Crippen molar-refractivity contribution in [3.8, 4) is 28.2 Å². The number of hydrogen-bond donors (Lipinski definition) is 0. The van der Waals surface area contributed by atoms with Crippen LogP contribution in [0.2, 0.25) is 0 Å². The molecule has 0 aliphatic heterocycles. The molecule has 5 aromatic rings. The van der Waals surface area contributed by atoms with Crippen molar-refractivity contribution >= 4 is 11.0 Å². The van der Waals surface area contributed by atoms with Gasteiger partial charge in [-0.3, -0.25) is 4.98 Å². The lowest BCUT2D eigenvalue weighted by Gasteiger charge is -2.24. The highest BCUT2D eigenvalue weighted by Crippen LogP contribution is 2.52. The summed E-state index contributed by atoms with van der Waals surface area (Å²) in [5.74, 6) is 2.03. The third-order valence-electron chi connectivity index (χ3n) is 8.76. The molecule has 0 bridgehead atoms. The number of aromatic nitrogens is 3. The minimum absolute atomic E-state index is 0.217. The molecule has 2 aromatic heterocycles. The Bertz CT molecular complexity index is 1740. The van der Waals surface area contributed by atoms with Crippen LogP contribution in [0.4, 0.5) is 0 Å². The number of aryl methyl sites for hydroxylation is 3. The van der Waals surface area contributed by atoms with Crippen LogP contribution in [-0.2, 0) is 12.5 Å². The molecule has 0 radical (unpaired) electrons. The number of imidazole rings is 1. The topological polar surface area (TPSA) is 21.7 Å². The lowest BCUT2D eigenvalue weighted by molar-refractivity contribution is -0.633. The molecule has 39 heavy (non-hydrogen) atoms. The molecule has 0 atom stereocenters. The first kappa shape index (κ1) is 25.6. The first-order valence-corrected chi connectivity index (χ1v) is 14.3. The van der Waals surface area contributed by atoms with E-state index in [0.717, 1.165) is 5.69 Å². The Morgan fingerprint density at radius 1 is 0.769 bits per heavy atom. The summed E-state index contributed by atoms with van der Waals surface area (Å²) in [6.07, 6.45) is 0. The molecule has 0 unspecified atom stereocenters. The third kappa shape index (κ3) is 3.62. The summed E-state index contributed by atoms with van der Waals surface area (Å²) in [6.45, 7) is 18.3. The number of hydrogen-bond acceptors (Lipinski definition) is 1. The molecule has 0 saturated carbocycles. The van der Waals surface area contributed by atoms with Crippen molar-refractivity contribution in [3.05, 3.63) is 100 Å². The van der Waals surface area contributed by atoms with Crippen LogP contribution in [0.25, 0.3) is 39.2 Å². The van der Waals surface area contributed by atoms with Gasteiger partial charge in [0, 0.05) is 27.8 Å². The molecule has 3 nitrogen and oxygen atoms in total. The van der Waals surface area contributed by atoms with Gasteiger partial charge in [-0.25, -0.2) is 4.57 Å². The summed E-state index contributed by atoms with van der Waals surface area (Å²) in [5, 5.41) is 0. The van der Waals surface area contributed by atoms with Crippen LogP contribution in [0, 0.1) is 13.8 Å². The fourth-order valence-corrected chi connectivity index (χ4v) is 6.83. The monoisotopic (exact) mass is 514 g/mol. The maximum atomic E-state index is 5.09. The van der Waals surface area contributed by atoms with Gasteiger partial charge in [-0.15, -0.1) is 0 Å². The second kappa shape index (κ2) is 8.91. The first-order valence-electron chi connectivity index (χ1n) is 14.3. The highest BCUT2D eigenvalue weighted by Gasteiger charge is 2.43. The van der Waals surface area contributed by atoms with Crippen molar-refractivity contribution in [1.82, 2.24) is 9.55 Å². The van der Waals surface area contributed by atoms with Gasteiger partial charge in [0.2, 0.25) is 0 Å². The number of benzene rings is 3. The van der Waals surface area contributed by atoms with E-state index >= 15 is 0 Å². The van der Waals surface area contributed by atoms with Crippen molar-refractivity contribution in [1.29, 1.82) is 0 Å². The van der Waals surface area contributed by atoms with Crippen molar-refractivity contribution in [2.24, 2.45) is 7.05 Å². The van der Waals surface area contributed by atoms with E-state index in [1.165, 1.54) is 67.2 Å². The Kier molecular flexibility index (Phi) is 5.84. The summed E-state index contributed by atoms with van der Waals surface area (Å²) in [5.41, 5.74) is 15.2. The average molecular weight is 515 g/mol. The minimum Gasteiger partial charge on any atom is -0.257 e. The highest BCUT2D eigenvalue weighted by atomic mass is 15.2. The van der Waals surface area contributed by atoms with Crippen LogP contribution >= 0.6 is 0 Å². The Labute approximate surface area is 233 Å². The third-order valence-corrected chi connectivity index (χ3v) is 8.76. The summed E-state index contributed by atoms with van der Waals surface area (Å²) in [7, 11) is 2.23. The molecule has 198 valence electrons. The van der Waals surface area contributed by atoms with Crippen LogP contribution in [0.1, 0.15) is 87.0 Å². The van der Waals surface area contributed by atoms with Crippen LogP contribution in [-0.4, -0.2) is 9.55 Å². The highest BCUT2D eigenvalue weighted by molar-refractivity contribution is 5.89. The smallest absolute Gasteiger partial charge is 0.257 e. The zero-order valence-electron chi connectivity index (χ0n) is 24.8. The fourth-order valence-electron chi connectivity index (χ4n) is 6.83. The van der Waals surface area contributed by atoms with Gasteiger partial charge in [0.25, 0.3) is 5.82 Å². The van der Waals surface area contributed by atoms with Crippen molar-refractivity contribution in [2.45, 2.75) is 72.6 Å². The molecule has 0 N–H and O–H groups in total. The second-order valence-electron chi connectivity index (χ2n) is 12.5. The molecule has 0 amide bonds. The zero-order chi connectivity index (χ0) is 27.8. The molecule has 2 heterocycles. The number of rotatable bonds is 4. The quantitative estimate of drug-likeness (QED) is 0.220. The van der Waals surface area contributed by atoms with Gasteiger partial charge in [-0.1, -0.05) is 90.1 Å². The molecule has 0 spiro atoms. The predicted molar refractivity (Wildman–Crippen MR) is 163 cm³/mol. The van der Waals surface area contributed by atoms with Crippen LogP contribution < -0.4 is 4.57 Å². The summed E-state index contributed by atoms with van der Waals surface area (Å²) in [6, 6.07) is 24.8. The van der Waals surface area contributed by atoms with Gasteiger partial charge in [-0.05, 0) is 60.6 Å². The largest absolute Gasteiger partial charge is 0.295 e. The van der Waals surface area contributed by atoms with Crippen molar-refractivity contribution < 1.29 is 4.57 Å². The Balaban J connectivity index is 1.81. The number of para-hydroxylation sites is 3. The van der Waals surface area contributed by atoms with E-state index in [2.05, 4.69) is 138 Å². The van der Waals surface area contributed by atoms with Gasteiger partial charge in [0.1, 0.15) is 5.69 Å². The molecule has 0 fully saturated rings. The first-order chi connectivity index (χ1) is 18.5. The molecule has 3 aromatic carbocycles. The normalized spacial score (nSPS) is 13.9. The number of nitrogens with zero attached hydrogens (tertiary/aromatic N) is 3. The van der Waals surface area contributed by atoms with Crippen molar-refractivity contribution in [2.75, 3.05) is 0 Å². The molecular weight excluding hydrogens is 474 g/mol. The SMILES string of the molecule is Cc1ccc2c(n1)C(C)(C)c1c-2ccc(C)c1-c1n(-c2c(C(C)C)cccc2C(C)C)c2ccccc2[n+]1C. The molecule has 3 heteroatoms. The fraction of sp³-hybridized carbons (Fsp3) is 0.333. The van der Waals surface area contributed by atoms with E-state index in [9.17, 15) is 0 Å². The van der Waals surface area contributed by atoms with Crippen LogP contribution in [0.5, 0.6) is 0 Å². The van der Waals surface area contributed by atoms with E-state index in [-0.39, 0.29) is 5.41 Å². The lowest BCUT2D eigenvalue weighted by Crippen LogP contribution is -2.32. The summed E-state index contributed by atoms with van der Waals surface area (Å²) in [4.78, 5) is 5.09. The standard InChI is InChI=1S/C36H40N3/c1-21(2)25-13-12-14-26(22(3)4)33(25)39-30-16-11-10-15-29(30)38(9)35(39)31-23(5)17-19-27-28-20-18-24(6)37-34(28)36(7,8)32(27)31/h10-22H,1-9H3/q+1. The van der Waals surface area contributed by atoms with Gasteiger partial charge in [0.05, 0.1) is 18.3 Å². The van der Waals surface area contributed by atoms with E-state index in [1.807, 2.05) is 0 Å². The van der Waals surface area contributed by atoms with E-state index in [0.29, 0.717) is 11.8 Å². The average Bonchev–Trinajstić information content (AvgIpc) is 3.31. The Morgan fingerprint density at radius 2 is 1.41 bits per heavy atom. The Hall–Kier alpha value is -3.72. The maximum Gasteiger partial charge on any atom is 0.295 e. The molecule has 0 saturated heterocycles. The van der Waals surface area contributed by atoms with E-state index in [4.69, 9.17) is 4.98 Å². The summed E-state index contributed by atoms with van der Waals surface area (Å²) >= 11 is 0. The molecular formula is C36H40N3+. The van der Waals surface area contributed by atoms with Crippen molar-refractivity contribution in [3.63, 3.8) is 0 Å². The van der Waals surface area contributed by atoms with Gasteiger partial charge >= 0.3 is 0 Å². The van der Waals surface area contributed by atoms with Gasteiger partial charge in [-0.2, -0.15) is 4.57 Å². The molecule has 1 aliphatic rings. The zero-order valence-corrected chi connectivity index (χ0v) is 24.8. The molecule has 6 rings (SSSR count). The van der Waals surface area contributed by atoms with Gasteiger partial charge in [0.15, 0.2) is 11.0 Å².